The zero-order chi connectivity index (χ0) is 37.8. The van der Waals surface area contributed by atoms with Gasteiger partial charge in [-0.2, -0.15) is 0 Å². The Morgan fingerprint density at radius 2 is 0.836 bits per heavy atom. The van der Waals surface area contributed by atoms with Crippen molar-refractivity contribution in [3.63, 3.8) is 0 Å². The number of aromatic hydroxyl groups is 2. The lowest BCUT2D eigenvalue weighted by molar-refractivity contribution is 0.200. The molecule has 9 rings (SSSR count). The van der Waals surface area contributed by atoms with Crippen molar-refractivity contribution in [3.8, 4) is 45.1 Å². The molecule has 7 aromatic carbocycles. The molecule has 55 heavy (non-hydrogen) atoms. The van der Waals surface area contributed by atoms with Crippen LogP contribution in [0.4, 0.5) is 0 Å². The van der Waals surface area contributed by atoms with E-state index in [1.807, 2.05) is 0 Å². The van der Waals surface area contributed by atoms with Gasteiger partial charge in [0.25, 0.3) is 0 Å². The first-order valence-electron chi connectivity index (χ1n) is 18.8. The highest BCUT2D eigenvalue weighted by Gasteiger charge is 2.24. The molecule has 2 heterocycles. The Labute approximate surface area is 325 Å². The Morgan fingerprint density at radius 1 is 0.491 bits per heavy atom. The smallest absolute Gasteiger partial charge is 0.147 e. The summed E-state index contributed by atoms with van der Waals surface area (Å²) in [4.78, 5) is 1.00. The summed E-state index contributed by atoms with van der Waals surface area (Å²) >= 11 is 1.74. The van der Waals surface area contributed by atoms with Crippen LogP contribution in [0, 0.1) is 20.8 Å². The van der Waals surface area contributed by atoms with Crippen LogP contribution in [0.5, 0.6) is 11.5 Å². The minimum absolute atomic E-state index is 0.215. The standard InChI is InChI=1S/C49H42N2O3S/c1-30-26-39(37-24-31(2)28-45(47(37)52)50-41-18-9-5-14-33(41)34-15-6-10-19-42(34)50)49(55-23-13-22-54-4)40(27-30)38-25-32(3)29-46(48(38)53)51-43-20-11-7-16-35(43)36-17-8-12-21-44(36)51/h5-12,14-21,24-29,52-53H,13,22-23H2,1-4H3. The van der Waals surface area contributed by atoms with Gasteiger partial charge in [-0.15, -0.1) is 11.8 Å². The SMILES string of the molecule is COCCCSc1c(-c2cc(C)cc(-n3c4ccccc4c4ccccc43)c2O)cc(C)cc1-c1cc(C)cc(-n2c3ccccc3c3ccccc32)c1O. The van der Waals surface area contributed by atoms with E-state index in [4.69, 9.17) is 4.74 Å². The molecule has 0 aliphatic carbocycles. The van der Waals surface area contributed by atoms with E-state index in [9.17, 15) is 10.2 Å². The summed E-state index contributed by atoms with van der Waals surface area (Å²) in [7, 11) is 1.73. The molecule has 0 radical (unpaired) electrons. The van der Waals surface area contributed by atoms with Crippen LogP contribution in [0.15, 0.2) is 138 Å². The lowest BCUT2D eigenvalue weighted by atomic mass is 9.93. The van der Waals surface area contributed by atoms with E-state index < -0.39 is 0 Å². The Kier molecular flexibility index (Phi) is 8.88. The van der Waals surface area contributed by atoms with Crippen LogP contribution in [-0.2, 0) is 4.74 Å². The van der Waals surface area contributed by atoms with Crippen molar-refractivity contribution in [2.75, 3.05) is 19.5 Å². The maximum atomic E-state index is 12.5. The van der Waals surface area contributed by atoms with Crippen molar-refractivity contribution in [1.82, 2.24) is 9.13 Å². The molecule has 5 nitrogen and oxygen atoms in total. The van der Waals surface area contributed by atoms with Crippen molar-refractivity contribution in [1.29, 1.82) is 0 Å². The van der Waals surface area contributed by atoms with Gasteiger partial charge >= 0.3 is 0 Å². The number of aromatic nitrogens is 2. The second-order valence-corrected chi connectivity index (χ2v) is 15.6. The van der Waals surface area contributed by atoms with Gasteiger partial charge < -0.3 is 24.1 Å². The van der Waals surface area contributed by atoms with Crippen molar-refractivity contribution >= 4 is 55.4 Å². The number of ether oxygens (including phenoxy) is 1. The van der Waals surface area contributed by atoms with E-state index in [0.717, 1.165) is 111 Å². The highest BCUT2D eigenvalue weighted by molar-refractivity contribution is 7.99. The van der Waals surface area contributed by atoms with E-state index in [-0.39, 0.29) is 11.5 Å². The van der Waals surface area contributed by atoms with Crippen LogP contribution in [0.3, 0.4) is 0 Å². The Bertz CT molecular complexity index is 2640. The second kappa shape index (κ2) is 14.0. The van der Waals surface area contributed by atoms with Crippen LogP contribution in [0.1, 0.15) is 23.1 Å². The summed E-state index contributed by atoms with van der Waals surface area (Å²) in [5.74, 6) is 1.23. The van der Waals surface area contributed by atoms with E-state index in [2.05, 4.69) is 163 Å². The normalized spacial score (nSPS) is 11.8. The summed E-state index contributed by atoms with van der Waals surface area (Å²) < 4.78 is 9.82. The minimum Gasteiger partial charge on any atom is -0.505 e. The molecule has 0 aliphatic heterocycles. The molecule has 0 aliphatic rings. The Morgan fingerprint density at radius 3 is 1.22 bits per heavy atom. The number of hydrogen-bond donors (Lipinski definition) is 2. The molecule has 2 N–H and O–H groups in total. The highest BCUT2D eigenvalue weighted by atomic mass is 32.2. The van der Waals surface area contributed by atoms with Crippen LogP contribution >= 0.6 is 11.8 Å². The van der Waals surface area contributed by atoms with Crippen molar-refractivity contribution in [2.45, 2.75) is 32.1 Å². The number of nitrogens with zero attached hydrogens (tertiary/aromatic N) is 2. The lowest BCUT2D eigenvalue weighted by Crippen LogP contribution is -2.00. The molecular weight excluding hydrogens is 697 g/mol. The van der Waals surface area contributed by atoms with Crippen LogP contribution in [0.25, 0.3) is 77.2 Å². The van der Waals surface area contributed by atoms with Crippen LogP contribution in [0.2, 0.25) is 0 Å². The highest BCUT2D eigenvalue weighted by Crippen LogP contribution is 2.49. The fourth-order valence-electron chi connectivity index (χ4n) is 8.34. The van der Waals surface area contributed by atoms with Crippen LogP contribution < -0.4 is 0 Å². The molecule has 0 bridgehead atoms. The van der Waals surface area contributed by atoms with E-state index >= 15 is 0 Å². The number of phenolic OH excluding ortho intramolecular Hbond substituents is 2. The van der Waals surface area contributed by atoms with Gasteiger partial charge in [0.05, 0.1) is 33.4 Å². The van der Waals surface area contributed by atoms with Gasteiger partial charge in [0.2, 0.25) is 0 Å². The van der Waals surface area contributed by atoms with Gasteiger partial charge in [0.1, 0.15) is 11.5 Å². The number of para-hydroxylation sites is 4. The zero-order valence-corrected chi connectivity index (χ0v) is 32.2. The predicted molar refractivity (Wildman–Crippen MR) is 231 cm³/mol. The summed E-state index contributed by atoms with van der Waals surface area (Å²) in [6.07, 6.45) is 0.854. The molecule has 9 aromatic rings. The minimum atomic E-state index is 0.215. The molecular formula is C49H42N2O3S. The van der Waals surface area contributed by atoms with Gasteiger partial charge in [-0.3, -0.25) is 0 Å². The van der Waals surface area contributed by atoms with Gasteiger partial charge in [-0.25, -0.2) is 0 Å². The first-order valence-corrected chi connectivity index (χ1v) is 19.7. The Hall–Kier alpha value is -5.95. The first kappa shape index (κ1) is 34.8. The fourth-order valence-corrected chi connectivity index (χ4v) is 9.46. The molecule has 0 spiro atoms. The number of phenols is 2. The number of methoxy groups -OCH3 is 1. The molecule has 272 valence electrons. The monoisotopic (exact) mass is 738 g/mol. The van der Waals surface area contributed by atoms with Gasteiger partial charge in [-0.05, 0) is 104 Å². The molecule has 0 atom stereocenters. The second-order valence-electron chi connectivity index (χ2n) is 14.5. The topological polar surface area (TPSA) is 59.5 Å². The van der Waals surface area contributed by atoms with Gasteiger partial charge in [0, 0.05) is 57.0 Å². The van der Waals surface area contributed by atoms with Gasteiger partial charge in [-0.1, -0.05) is 84.9 Å². The molecule has 6 heteroatoms. The van der Waals surface area contributed by atoms with Crippen molar-refractivity contribution in [2.24, 2.45) is 0 Å². The third-order valence-corrected chi connectivity index (χ3v) is 11.9. The predicted octanol–water partition coefficient (Wildman–Crippen LogP) is 12.7. The number of benzene rings is 7. The lowest BCUT2D eigenvalue weighted by Gasteiger charge is -2.22. The quantitative estimate of drug-likeness (QED) is 0.114. The summed E-state index contributed by atoms with van der Waals surface area (Å²) in [6, 6.07) is 46.2. The van der Waals surface area contributed by atoms with Gasteiger partial charge in [0.15, 0.2) is 0 Å². The third-order valence-electron chi connectivity index (χ3n) is 10.7. The number of hydrogen-bond acceptors (Lipinski definition) is 4. The average Bonchev–Trinajstić information content (AvgIpc) is 3.71. The molecule has 0 unspecified atom stereocenters. The third kappa shape index (κ3) is 5.84. The number of aryl methyl sites for hydroxylation is 3. The molecule has 0 saturated carbocycles. The maximum absolute atomic E-state index is 12.5. The molecule has 0 amide bonds. The summed E-state index contributed by atoms with van der Waals surface area (Å²) in [6.45, 7) is 6.91. The molecule has 0 saturated heterocycles. The zero-order valence-electron chi connectivity index (χ0n) is 31.4. The fraction of sp³-hybridized carbons (Fsp3) is 0.143. The van der Waals surface area contributed by atoms with Crippen molar-refractivity contribution in [3.05, 3.63) is 150 Å². The summed E-state index contributed by atoms with van der Waals surface area (Å²) in [5, 5.41) is 29.6. The number of thioether (sulfide) groups is 1. The van der Waals surface area contributed by atoms with E-state index in [1.54, 1.807) is 18.9 Å². The Balaban J connectivity index is 1.30. The first-order chi connectivity index (χ1) is 26.8. The maximum Gasteiger partial charge on any atom is 0.147 e. The van der Waals surface area contributed by atoms with Crippen LogP contribution in [-0.4, -0.2) is 38.8 Å². The number of fused-ring (bicyclic) bond motifs is 6. The van der Waals surface area contributed by atoms with Crippen molar-refractivity contribution < 1.29 is 14.9 Å². The molecule has 0 fully saturated rings. The van der Waals surface area contributed by atoms with E-state index in [1.165, 1.54) is 0 Å². The summed E-state index contributed by atoms with van der Waals surface area (Å²) in [5.41, 5.74) is 12.1. The largest absolute Gasteiger partial charge is 0.505 e. The number of rotatable bonds is 9. The van der Waals surface area contributed by atoms with E-state index in [0.29, 0.717) is 6.61 Å². The molecule has 2 aromatic heterocycles. The average molecular weight is 739 g/mol.